The second kappa shape index (κ2) is 5.17. The summed E-state index contributed by atoms with van der Waals surface area (Å²) in [4.78, 5) is 4.61. The Bertz CT molecular complexity index is 88.6. The summed E-state index contributed by atoms with van der Waals surface area (Å²) in [5.41, 5.74) is 9.91. The normalized spacial score (nSPS) is 8.56. The second-order valence-corrected chi connectivity index (χ2v) is 1.45. The monoisotopic (exact) mass is 132 g/mol. The highest BCUT2D eigenvalue weighted by Gasteiger charge is 1.81. The summed E-state index contributed by atoms with van der Waals surface area (Å²) >= 11 is 0. The zero-order valence-electron chi connectivity index (χ0n) is 5.42. The lowest BCUT2D eigenvalue weighted by molar-refractivity contribution is 0.147. The van der Waals surface area contributed by atoms with E-state index < -0.39 is 0 Å². The van der Waals surface area contributed by atoms with Crippen molar-refractivity contribution in [2.24, 2.45) is 16.6 Å². The van der Waals surface area contributed by atoms with Gasteiger partial charge in [0.05, 0.1) is 0 Å². The van der Waals surface area contributed by atoms with Gasteiger partial charge < -0.3 is 21.6 Å². The standard InChI is InChI=1S/C4H12N4O/c1-7-2-3-9-8-4(5)6/h7H,2-3H2,1H3,(H4,5,6,8). The van der Waals surface area contributed by atoms with Crippen molar-refractivity contribution in [1.29, 1.82) is 0 Å². The van der Waals surface area contributed by atoms with Crippen molar-refractivity contribution < 1.29 is 4.84 Å². The van der Waals surface area contributed by atoms with Crippen molar-refractivity contribution >= 4 is 5.96 Å². The van der Waals surface area contributed by atoms with Crippen LogP contribution in [-0.2, 0) is 4.84 Å². The van der Waals surface area contributed by atoms with Crippen LogP contribution in [0, 0.1) is 0 Å². The molecule has 0 heterocycles. The summed E-state index contributed by atoms with van der Waals surface area (Å²) in [5, 5.41) is 6.16. The van der Waals surface area contributed by atoms with Crippen molar-refractivity contribution in [3.05, 3.63) is 0 Å². The van der Waals surface area contributed by atoms with Crippen LogP contribution in [0.4, 0.5) is 0 Å². The summed E-state index contributed by atoms with van der Waals surface area (Å²) in [7, 11) is 1.82. The maximum atomic E-state index is 4.96. The van der Waals surface area contributed by atoms with Crippen LogP contribution in [0.3, 0.4) is 0 Å². The van der Waals surface area contributed by atoms with E-state index in [0.29, 0.717) is 6.61 Å². The quantitative estimate of drug-likeness (QED) is 0.186. The van der Waals surface area contributed by atoms with Crippen molar-refractivity contribution in [2.75, 3.05) is 20.2 Å². The summed E-state index contributed by atoms with van der Waals surface area (Å²) in [6.07, 6.45) is 0. The van der Waals surface area contributed by atoms with Gasteiger partial charge in [-0.15, -0.1) is 0 Å². The third kappa shape index (κ3) is 7.03. The van der Waals surface area contributed by atoms with E-state index in [9.17, 15) is 0 Å². The van der Waals surface area contributed by atoms with Crippen molar-refractivity contribution in [2.45, 2.75) is 0 Å². The molecule has 0 rings (SSSR count). The van der Waals surface area contributed by atoms with Gasteiger partial charge in [0.1, 0.15) is 6.61 Å². The Morgan fingerprint density at radius 3 is 2.78 bits per heavy atom. The van der Waals surface area contributed by atoms with Crippen LogP contribution in [0.15, 0.2) is 5.16 Å². The molecule has 5 N–H and O–H groups in total. The Hall–Kier alpha value is -0.970. The Kier molecular flexibility index (Phi) is 4.61. The fourth-order valence-electron chi connectivity index (χ4n) is 0.268. The third-order valence-electron chi connectivity index (χ3n) is 0.613. The van der Waals surface area contributed by atoms with Crippen molar-refractivity contribution in [1.82, 2.24) is 5.32 Å². The molecule has 0 aliphatic rings. The molecular weight excluding hydrogens is 120 g/mol. The molecule has 0 saturated heterocycles. The molecule has 0 amide bonds. The maximum absolute atomic E-state index is 4.96. The van der Waals surface area contributed by atoms with Gasteiger partial charge in [0.2, 0.25) is 5.96 Å². The minimum absolute atomic E-state index is 0.0499. The highest BCUT2D eigenvalue weighted by atomic mass is 16.6. The Morgan fingerprint density at radius 1 is 1.67 bits per heavy atom. The van der Waals surface area contributed by atoms with Crippen molar-refractivity contribution in [3.8, 4) is 0 Å². The van der Waals surface area contributed by atoms with Gasteiger partial charge in [0, 0.05) is 6.54 Å². The number of oxime groups is 1. The first-order valence-electron chi connectivity index (χ1n) is 2.63. The molecule has 0 radical (unpaired) electrons. The van der Waals surface area contributed by atoms with Gasteiger partial charge in [0.15, 0.2) is 0 Å². The van der Waals surface area contributed by atoms with Crippen LogP contribution in [0.1, 0.15) is 0 Å². The van der Waals surface area contributed by atoms with E-state index in [1.807, 2.05) is 7.05 Å². The van der Waals surface area contributed by atoms with E-state index in [1.165, 1.54) is 0 Å². The highest BCUT2D eigenvalue weighted by molar-refractivity contribution is 5.74. The average molecular weight is 132 g/mol. The predicted octanol–water partition coefficient (Wildman–Crippen LogP) is -1.59. The smallest absolute Gasteiger partial charge is 0.228 e. The number of nitrogens with one attached hydrogen (secondary N) is 1. The molecule has 0 bridgehead atoms. The first-order chi connectivity index (χ1) is 4.27. The topological polar surface area (TPSA) is 85.7 Å². The fraction of sp³-hybridized carbons (Fsp3) is 0.750. The Morgan fingerprint density at radius 2 is 2.33 bits per heavy atom. The molecule has 5 heteroatoms. The van der Waals surface area contributed by atoms with E-state index in [4.69, 9.17) is 11.5 Å². The van der Waals surface area contributed by atoms with Crippen LogP contribution in [0.5, 0.6) is 0 Å². The molecular formula is C4H12N4O. The molecule has 0 fully saturated rings. The molecule has 0 aliphatic heterocycles. The highest BCUT2D eigenvalue weighted by Crippen LogP contribution is 1.70. The zero-order valence-corrected chi connectivity index (χ0v) is 5.42. The summed E-state index contributed by atoms with van der Waals surface area (Å²) in [6.45, 7) is 1.21. The molecule has 0 aromatic carbocycles. The zero-order chi connectivity index (χ0) is 7.11. The first-order valence-corrected chi connectivity index (χ1v) is 2.63. The van der Waals surface area contributed by atoms with Crippen LogP contribution in [0.25, 0.3) is 0 Å². The van der Waals surface area contributed by atoms with Crippen LogP contribution < -0.4 is 16.8 Å². The van der Waals surface area contributed by atoms with Crippen LogP contribution in [0.2, 0.25) is 0 Å². The van der Waals surface area contributed by atoms with Crippen molar-refractivity contribution in [3.63, 3.8) is 0 Å². The van der Waals surface area contributed by atoms with Gasteiger partial charge in [-0.1, -0.05) is 0 Å². The predicted molar refractivity (Wildman–Crippen MR) is 35.7 cm³/mol. The molecule has 0 spiro atoms. The summed E-state index contributed by atoms with van der Waals surface area (Å²) in [5.74, 6) is -0.0499. The van der Waals surface area contributed by atoms with Gasteiger partial charge in [-0.3, -0.25) is 0 Å². The number of hydrogen-bond acceptors (Lipinski definition) is 3. The molecule has 0 aromatic rings. The van der Waals surface area contributed by atoms with Gasteiger partial charge in [-0.2, -0.15) is 0 Å². The SMILES string of the molecule is CNCCON=C(N)N. The molecule has 9 heavy (non-hydrogen) atoms. The molecule has 0 saturated carbocycles. The van der Waals surface area contributed by atoms with Crippen LogP contribution in [-0.4, -0.2) is 26.2 Å². The number of likely N-dealkylation sites (N-methyl/N-ethyl adjacent to an activating group) is 1. The first kappa shape index (κ1) is 8.03. The lowest BCUT2D eigenvalue weighted by Gasteiger charge is -1.96. The second-order valence-electron chi connectivity index (χ2n) is 1.45. The molecule has 0 aromatic heterocycles. The fourth-order valence-corrected chi connectivity index (χ4v) is 0.268. The average Bonchev–Trinajstić information content (AvgIpc) is 1.80. The summed E-state index contributed by atoms with van der Waals surface area (Å²) < 4.78 is 0. The van der Waals surface area contributed by atoms with E-state index in [2.05, 4.69) is 15.3 Å². The molecule has 54 valence electrons. The molecule has 0 unspecified atom stereocenters. The van der Waals surface area contributed by atoms with E-state index in [0.717, 1.165) is 6.54 Å². The lowest BCUT2D eigenvalue weighted by Crippen LogP contribution is -2.23. The molecule has 0 aliphatic carbocycles. The lowest BCUT2D eigenvalue weighted by atomic mass is 10.7. The number of hydrogen-bond donors (Lipinski definition) is 3. The van der Waals surface area contributed by atoms with E-state index in [-0.39, 0.29) is 5.96 Å². The van der Waals surface area contributed by atoms with E-state index in [1.54, 1.807) is 0 Å². The van der Waals surface area contributed by atoms with Gasteiger partial charge in [0.25, 0.3) is 0 Å². The largest absolute Gasteiger partial charge is 0.392 e. The van der Waals surface area contributed by atoms with Gasteiger partial charge >= 0.3 is 0 Å². The summed E-state index contributed by atoms with van der Waals surface area (Å²) in [6, 6.07) is 0. The third-order valence-corrected chi connectivity index (χ3v) is 0.613. The number of nitrogens with zero attached hydrogens (tertiary/aromatic N) is 1. The van der Waals surface area contributed by atoms with Gasteiger partial charge in [-0.05, 0) is 12.2 Å². The maximum Gasteiger partial charge on any atom is 0.228 e. The minimum atomic E-state index is -0.0499. The number of nitrogens with two attached hydrogens (primary N) is 2. The Labute approximate surface area is 54.0 Å². The Balaban J connectivity index is 3.00. The van der Waals surface area contributed by atoms with Gasteiger partial charge in [-0.25, -0.2) is 0 Å². The molecule has 0 atom stereocenters. The van der Waals surface area contributed by atoms with E-state index >= 15 is 0 Å². The number of guanidine groups is 1. The minimum Gasteiger partial charge on any atom is -0.392 e. The molecule has 5 nitrogen and oxygen atoms in total. The number of rotatable bonds is 4. The van der Waals surface area contributed by atoms with Crippen LogP contribution >= 0.6 is 0 Å².